The molecule has 3 rings (SSSR count). The topological polar surface area (TPSA) is 57.3 Å². The van der Waals surface area contributed by atoms with E-state index in [9.17, 15) is 4.79 Å². The molecular formula is C21H28N4O. The molecule has 1 fully saturated rings. The highest BCUT2D eigenvalue weighted by Crippen LogP contribution is 2.24. The molecule has 1 saturated heterocycles. The summed E-state index contributed by atoms with van der Waals surface area (Å²) in [5, 5.41) is 6.24. The fraction of sp³-hybridized carbons (Fsp3) is 0.429. The van der Waals surface area contributed by atoms with E-state index in [0.717, 1.165) is 37.3 Å². The molecule has 2 aromatic rings. The fourth-order valence-electron chi connectivity index (χ4n) is 3.33. The number of hydrogen-bond donors (Lipinski definition) is 2. The molecule has 5 nitrogen and oxygen atoms in total. The zero-order valence-electron chi connectivity index (χ0n) is 15.7. The summed E-state index contributed by atoms with van der Waals surface area (Å²) in [7, 11) is 0. The number of anilines is 4. The second-order valence-electron chi connectivity index (χ2n) is 6.80. The molecule has 1 aromatic heterocycles. The van der Waals surface area contributed by atoms with Gasteiger partial charge in [-0.25, -0.2) is 4.98 Å². The maximum atomic E-state index is 12.1. The first kappa shape index (κ1) is 18.2. The van der Waals surface area contributed by atoms with Gasteiger partial charge in [-0.1, -0.05) is 13.8 Å². The van der Waals surface area contributed by atoms with Crippen LogP contribution >= 0.6 is 0 Å². The molecule has 0 bridgehead atoms. The highest BCUT2D eigenvalue weighted by Gasteiger charge is 2.14. The van der Waals surface area contributed by atoms with Crippen molar-refractivity contribution in [2.24, 2.45) is 5.92 Å². The standard InChI is InChI=1S/C21H28N4O/c1-3-16(4-2)21(26)24-20-12-9-18(15-22-20)23-17-7-10-19(11-8-17)25-13-5-6-14-25/h7-12,15-16,23H,3-6,13-14H2,1-2H3,(H,22,24,26). The van der Waals surface area contributed by atoms with Crippen molar-refractivity contribution in [2.45, 2.75) is 39.5 Å². The summed E-state index contributed by atoms with van der Waals surface area (Å²) in [6.45, 7) is 6.37. The van der Waals surface area contributed by atoms with Gasteiger partial charge in [-0.3, -0.25) is 4.79 Å². The highest BCUT2D eigenvalue weighted by atomic mass is 16.1. The average Bonchev–Trinajstić information content (AvgIpc) is 3.20. The van der Waals surface area contributed by atoms with E-state index >= 15 is 0 Å². The molecule has 0 radical (unpaired) electrons. The first-order chi connectivity index (χ1) is 12.7. The molecule has 138 valence electrons. The van der Waals surface area contributed by atoms with Crippen molar-refractivity contribution in [3.05, 3.63) is 42.6 Å². The Morgan fingerprint density at radius 3 is 2.27 bits per heavy atom. The van der Waals surface area contributed by atoms with Gasteiger partial charge in [0, 0.05) is 30.4 Å². The van der Waals surface area contributed by atoms with Gasteiger partial charge in [0.05, 0.1) is 11.9 Å². The minimum absolute atomic E-state index is 0.0423. The number of aromatic nitrogens is 1. The van der Waals surface area contributed by atoms with Gasteiger partial charge < -0.3 is 15.5 Å². The van der Waals surface area contributed by atoms with Crippen molar-refractivity contribution in [3.8, 4) is 0 Å². The summed E-state index contributed by atoms with van der Waals surface area (Å²) in [6.07, 6.45) is 6.00. The second-order valence-corrected chi connectivity index (χ2v) is 6.80. The summed E-state index contributed by atoms with van der Waals surface area (Å²) < 4.78 is 0. The van der Waals surface area contributed by atoms with E-state index in [1.54, 1.807) is 6.20 Å². The largest absolute Gasteiger partial charge is 0.372 e. The molecule has 1 amide bonds. The van der Waals surface area contributed by atoms with Gasteiger partial charge in [0.15, 0.2) is 0 Å². The second kappa shape index (κ2) is 8.70. The Labute approximate surface area is 155 Å². The van der Waals surface area contributed by atoms with Gasteiger partial charge in [0.25, 0.3) is 0 Å². The molecule has 0 unspecified atom stereocenters. The molecule has 0 atom stereocenters. The third-order valence-electron chi connectivity index (χ3n) is 5.00. The first-order valence-corrected chi connectivity index (χ1v) is 9.58. The molecule has 1 aliphatic heterocycles. The minimum Gasteiger partial charge on any atom is -0.372 e. The van der Waals surface area contributed by atoms with Gasteiger partial charge in [-0.15, -0.1) is 0 Å². The lowest BCUT2D eigenvalue weighted by molar-refractivity contribution is -0.120. The fourth-order valence-corrected chi connectivity index (χ4v) is 3.33. The molecular weight excluding hydrogens is 324 g/mol. The first-order valence-electron chi connectivity index (χ1n) is 9.58. The molecule has 2 N–H and O–H groups in total. The molecule has 0 aliphatic carbocycles. The van der Waals surface area contributed by atoms with Crippen LogP contribution in [-0.4, -0.2) is 24.0 Å². The minimum atomic E-state index is 0.0423. The number of hydrogen-bond acceptors (Lipinski definition) is 4. The lowest BCUT2D eigenvalue weighted by Gasteiger charge is -2.18. The van der Waals surface area contributed by atoms with Crippen LogP contribution in [0.15, 0.2) is 42.6 Å². The van der Waals surface area contributed by atoms with Crippen LogP contribution in [0.3, 0.4) is 0 Å². The van der Waals surface area contributed by atoms with E-state index in [1.165, 1.54) is 18.5 Å². The Kier molecular flexibility index (Phi) is 6.10. The number of amides is 1. The molecule has 1 aliphatic rings. The zero-order chi connectivity index (χ0) is 18.4. The van der Waals surface area contributed by atoms with Crippen molar-refractivity contribution in [1.29, 1.82) is 0 Å². The number of carbonyl (C=O) groups is 1. The van der Waals surface area contributed by atoms with Gasteiger partial charge in [-0.05, 0) is 62.1 Å². The van der Waals surface area contributed by atoms with Crippen LogP contribution in [0.25, 0.3) is 0 Å². The normalized spacial score (nSPS) is 13.9. The Balaban J connectivity index is 1.57. The summed E-state index contributed by atoms with van der Waals surface area (Å²) >= 11 is 0. The van der Waals surface area contributed by atoms with Crippen LogP contribution in [0.2, 0.25) is 0 Å². The van der Waals surface area contributed by atoms with Crippen molar-refractivity contribution in [2.75, 3.05) is 28.6 Å². The van der Waals surface area contributed by atoms with Crippen molar-refractivity contribution >= 4 is 28.8 Å². The number of nitrogens with zero attached hydrogens (tertiary/aromatic N) is 2. The molecule has 0 saturated carbocycles. The van der Waals surface area contributed by atoms with Crippen molar-refractivity contribution < 1.29 is 4.79 Å². The maximum Gasteiger partial charge on any atom is 0.228 e. The Hall–Kier alpha value is -2.56. The number of carbonyl (C=O) groups excluding carboxylic acids is 1. The number of rotatable bonds is 7. The van der Waals surface area contributed by atoms with Crippen LogP contribution in [0.5, 0.6) is 0 Å². The third kappa shape index (κ3) is 4.54. The lowest BCUT2D eigenvalue weighted by atomic mass is 10.0. The van der Waals surface area contributed by atoms with Gasteiger partial charge in [0.1, 0.15) is 5.82 Å². The Bertz CT molecular complexity index is 702. The summed E-state index contributed by atoms with van der Waals surface area (Å²) in [6, 6.07) is 12.3. The smallest absolute Gasteiger partial charge is 0.228 e. The highest BCUT2D eigenvalue weighted by molar-refractivity contribution is 5.91. The third-order valence-corrected chi connectivity index (χ3v) is 5.00. The van der Waals surface area contributed by atoms with Crippen molar-refractivity contribution in [3.63, 3.8) is 0 Å². The molecule has 5 heteroatoms. The number of pyridine rings is 1. The van der Waals surface area contributed by atoms with Crippen LogP contribution < -0.4 is 15.5 Å². The van der Waals surface area contributed by atoms with E-state index in [-0.39, 0.29) is 11.8 Å². The monoisotopic (exact) mass is 352 g/mol. The van der Waals surface area contributed by atoms with Crippen LogP contribution in [0.4, 0.5) is 22.9 Å². The van der Waals surface area contributed by atoms with Crippen LogP contribution in [0, 0.1) is 5.92 Å². The summed E-state index contributed by atoms with van der Waals surface area (Å²) in [5.41, 5.74) is 3.22. The van der Waals surface area contributed by atoms with Gasteiger partial charge in [-0.2, -0.15) is 0 Å². The zero-order valence-corrected chi connectivity index (χ0v) is 15.7. The average molecular weight is 352 g/mol. The van der Waals surface area contributed by atoms with Crippen molar-refractivity contribution in [1.82, 2.24) is 4.98 Å². The number of nitrogens with one attached hydrogen (secondary N) is 2. The predicted molar refractivity (Wildman–Crippen MR) is 108 cm³/mol. The van der Waals surface area contributed by atoms with E-state index < -0.39 is 0 Å². The Morgan fingerprint density at radius 2 is 1.69 bits per heavy atom. The lowest BCUT2D eigenvalue weighted by Crippen LogP contribution is -2.22. The van der Waals surface area contributed by atoms with E-state index in [4.69, 9.17) is 0 Å². The van der Waals surface area contributed by atoms with Gasteiger partial charge >= 0.3 is 0 Å². The van der Waals surface area contributed by atoms with E-state index in [2.05, 4.69) is 44.8 Å². The summed E-state index contributed by atoms with van der Waals surface area (Å²) in [4.78, 5) is 18.9. The molecule has 2 heterocycles. The Morgan fingerprint density at radius 1 is 1.04 bits per heavy atom. The predicted octanol–water partition coefficient (Wildman–Crippen LogP) is 4.80. The number of benzene rings is 1. The van der Waals surface area contributed by atoms with Crippen LogP contribution in [-0.2, 0) is 4.79 Å². The molecule has 26 heavy (non-hydrogen) atoms. The summed E-state index contributed by atoms with van der Waals surface area (Å²) in [5.74, 6) is 0.682. The molecule has 0 spiro atoms. The maximum absolute atomic E-state index is 12.1. The van der Waals surface area contributed by atoms with E-state index in [0.29, 0.717) is 5.82 Å². The quantitative estimate of drug-likeness (QED) is 0.751. The van der Waals surface area contributed by atoms with Gasteiger partial charge in [0.2, 0.25) is 5.91 Å². The molecule has 1 aromatic carbocycles. The SMILES string of the molecule is CCC(CC)C(=O)Nc1ccc(Nc2ccc(N3CCCC3)cc2)cn1. The van der Waals surface area contributed by atoms with Crippen LogP contribution in [0.1, 0.15) is 39.5 Å². The van der Waals surface area contributed by atoms with E-state index in [1.807, 2.05) is 26.0 Å².